The molecule has 0 amide bonds. The van der Waals surface area contributed by atoms with Gasteiger partial charge in [-0.05, 0) is 18.9 Å². The Kier molecular flexibility index (Phi) is 3.70. The lowest BCUT2D eigenvalue weighted by molar-refractivity contribution is -0.384. The minimum absolute atomic E-state index is 0.0166. The van der Waals surface area contributed by atoms with E-state index in [0.717, 1.165) is 25.7 Å². The summed E-state index contributed by atoms with van der Waals surface area (Å²) in [6.07, 6.45) is 3.46. The van der Waals surface area contributed by atoms with Gasteiger partial charge in [0.1, 0.15) is 5.76 Å². The molecule has 7 nitrogen and oxygen atoms in total. The zero-order valence-corrected chi connectivity index (χ0v) is 11.8. The molecule has 0 spiro atoms. The van der Waals surface area contributed by atoms with E-state index in [1.54, 1.807) is 6.07 Å². The summed E-state index contributed by atoms with van der Waals surface area (Å²) in [6.45, 7) is 0. The van der Waals surface area contributed by atoms with E-state index in [1.807, 2.05) is 0 Å². The van der Waals surface area contributed by atoms with Crippen molar-refractivity contribution < 1.29 is 14.8 Å². The maximum Gasteiger partial charge on any atom is 0.296 e. The quantitative estimate of drug-likeness (QED) is 0.520. The van der Waals surface area contributed by atoms with E-state index in [9.17, 15) is 20.0 Å². The van der Waals surface area contributed by atoms with Crippen molar-refractivity contribution in [3.63, 3.8) is 0 Å². The molecule has 7 heteroatoms. The lowest BCUT2D eigenvalue weighted by Gasteiger charge is -2.23. The summed E-state index contributed by atoms with van der Waals surface area (Å²) in [6, 6.07) is 5.90. The summed E-state index contributed by atoms with van der Waals surface area (Å²) in [5.74, 6) is -0.601. The number of aliphatic hydroxyl groups excluding tert-OH is 1. The molecule has 2 unspecified atom stereocenters. The Morgan fingerprint density at radius 2 is 1.82 bits per heavy atom. The monoisotopic (exact) mass is 301 g/mol. The van der Waals surface area contributed by atoms with Gasteiger partial charge in [-0.3, -0.25) is 14.9 Å². The van der Waals surface area contributed by atoms with Crippen LogP contribution in [0.4, 0.5) is 11.4 Å². The molecule has 0 saturated heterocycles. The van der Waals surface area contributed by atoms with Crippen molar-refractivity contribution in [2.75, 3.05) is 0 Å². The van der Waals surface area contributed by atoms with Crippen LogP contribution < -0.4 is 0 Å². The number of ketones is 1. The van der Waals surface area contributed by atoms with E-state index >= 15 is 0 Å². The van der Waals surface area contributed by atoms with Crippen LogP contribution >= 0.6 is 0 Å². The van der Waals surface area contributed by atoms with Crippen molar-refractivity contribution >= 4 is 17.2 Å². The van der Waals surface area contributed by atoms with Crippen molar-refractivity contribution in [3.8, 4) is 0 Å². The van der Waals surface area contributed by atoms with Crippen molar-refractivity contribution in [2.24, 2.45) is 22.1 Å². The highest BCUT2D eigenvalue weighted by Gasteiger charge is 2.43. The van der Waals surface area contributed by atoms with Gasteiger partial charge in [-0.1, -0.05) is 25.0 Å². The largest absolute Gasteiger partial charge is 0.510 e. The average molecular weight is 301 g/mol. The fourth-order valence-electron chi connectivity index (χ4n) is 3.16. The van der Waals surface area contributed by atoms with E-state index < -0.39 is 4.92 Å². The molecule has 114 valence electrons. The number of rotatable bonds is 3. The summed E-state index contributed by atoms with van der Waals surface area (Å²) < 4.78 is 0. The molecule has 2 aliphatic rings. The normalized spacial score (nSPS) is 24.8. The summed E-state index contributed by atoms with van der Waals surface area (Å²) in [5, 5.41) is 28.7. The molecule has 1 aromatic carbocycles. The molecule has 2 aliphatic carbocycles. The number of azo groups is 1. The number of nitro benzene ring substituents is 1. The Labute approximate surface area is 126 Å². The molecule has 22 heavy (non-hydrogen) atoms. The average Bonchev–Trinajstić information content (AvgIpc) is 2.77. The van der Waals surface area contributed by atoms with Gasteiger partial charge in [0, 0.05) is 17.9 Å². The number of hydrogen-bond acceptors (Lipinski definition) is 6. The number of carbonyl (C=O) groups excluding carboxylic acids is 1. The van der Waals surface area contributed by atoms with Crippen LogP contribution in [0.1, 0.15) is 25.7 Å². The fraction of sp³-hybridized carbons (Fsp3) is 0.400. The predicted octanol–water partition coefficient (Wildman–Crippen LogP) is 3.84. The number of allylic oxidation sites excluding steroid dienone is 2. The Morgan fingerprint density at radius 3 is 2.50 bits per heavy atom. The third kappa shape index (κ3) is 2.38. The summed E-state index contributed by atoms with van der Waals surface area (Å²) in [4.78, 5) is 22.7. The van der Waals surface area contributed by atoms with E-state index in [0.29, 0.717) is 0 Å². The van der Waals surface area contributed by atoms with Gasteiger partial charge in [0.05, 0.1) is 4.92 Å². The third-order valence-corrected chi connectivity index (χ3v) is 4.27. The topological polar surface area (TPSA) is 105 Å². The zero-order chi connectivity index (χ0) is 15.7. The predicted molar refractivity (Wildman–Crippen MR) is 77.7 cm³/mol. The smallest absolute Gasteiger partial charge is 0.296 e. The lowest BCUT2D eigenvalue weighted by Crippen LogP contribution is -2.21. The van der Waals surface area contributed by atoms with Crippen molar-refractivity contribution in [1.29, 1.82) is 0 Å². The molecule has 3 rings (SSSR count). The molecular weight excluding hydrogens is 286 g/mol. The molecular formula is C15H15N3O4. The first-order valence-electron chi connectivity index (χ1n) is 7.22. The zero-order valence-electron chi connectivity index (χ0n) is 11.8. The first-order valence-corrected chi connectivity index (χ1v) is 7.22. The van der Waals surface area contributed by atoms with Gasteiger partial charge in [0.15, 0.2) is 17.2 Å². The SMILES string of the molecule is O=C1C(N=Nc2ccccc2[N+](=O)[O-])=C(O)C2CCCCC12. The van der Waals surface area contributed by atoms with Crippen molar-refractivity contribution in [2.45, 2.75) is 25.7 Å². The molecule has 0 bridgehead atoms. The fourth-order valence-corrected chi connectivity index (χ4v) is 3.16. The second-order valence-electron chi connectivity index (χ2n) is 5.54. The van der Waals surface area contributed by atoms with Crippen LogP contribution in [0, 0.1) is 22.0 Å². The number of para-hydroxylation sites is 1. The van der Waals surface area contributed by atoms with E-state index in [2.05, 4.69) is 10.2 Å². The van der Waals surface area contributed by atoms with Crippen LogP contribution in [0.25, 0.3) is 0 Å². The molecule has 1 fully saturated rings. The molecule has 0 heterocycles. The molecule has 1 N–H and O–H groups in total. The number of nitrogens with zero attached hydrogens (tertiary/aromatic N) is 3. The van der Waals surface area contributed by atoms with Crippen molar-refractivity contribution in [1.82, 2.24) is 0 Å². The van der Waals surface area contributed by atoms with Crippen LogP contribution in [-0.4, -0.2) is 15.8 Å². The second-order valence-corrected chi connectivity index (χ2v) is 5.54. The first-order chi connectivity index (χ1) is 10.6. The van der Waals surface area contributed by atoms with Gasteiger partial charge in [0.2, 0.25) is 0 Å². The molecule has 1 aromatic rings. The molecule has 1 saturated carbocycles. The Hall–Kier alpha value is -2.57. The Morgan fingerprint density at radius 1 is 1.14 bits per heavy atom. The van der Waals surface area contributed by atoms with Crippen LogP contribution in [-0.2, 0) is 4.79 Å². The first kappa shape index (κ1) is 14.4. The summed E-state index contributed by atoms with van der Waals surface area (Å²) in [5.41, 5.74) is -0.167. The Bertz CT molecular complexity index is 696. The molecule has 0 radical (unpaired) electrons. The highest BCUT2D eigenvalue weighted by atomic mass is 16.6. The maximum absolute atomic E-state index is 12.3. The van der Waals surface area contributed by atoms with E-state index in [4.69, 9.17) is 0 Å². The summed E-state index contributed by atoms with van der Waals surface area (Å²) >= 11 is 0. The van der Waals surface area contributed by atoms with Crippen LogP contribution in [0.5, 0.6) is 0 Å². The minimum Gasteiger partial charge on any atom is -0.510 e. The van der Waals surface area contributed by atoms with Gasteiger partial charge in [0.25, 0.3) is 5.69 Å². The second kappa shape index (κ2) is 5.67. The van der Waals surface area contributed by atoms with Gasteiger partial charge in [-0.25, -0.2) is 0 Å². The number of carbonyl (C=O) groups is 1. The Balaban J connectivity index is 1.91. The van der Waals surface area contributed by atoms with Gasteiger partial charge in [-0.15, -0.1) is 10.2 Å². The number of nitro groups is 1. The third-order valence-electron chi connectivity index (χ3n) is 4.27. The molecule has 0 aliphatic heterocycles. The van der Waals surface area contributed by atoms with Crippen molar-refractivity contribution in [3.05, 3.63) is 45.8 Å². The highest BCUT2D eigenvalue weighted by Crippen LogP contribution is 2.43. The van der Waals surface area contributed by atoms with Gasteiger partial charge >= 0.3 is 0 Å². The molecule has 2 atom stereocenters. The number of Topliss-reactive ketones (excluding diaryl/α,β-unsaturated/α-hetero) is 1. The van der Waals surface area contributed by atoms with E-state index in [1.165, 1.54) is 18.2 Å². The van der Waals surface area contributed by atoms with Gasteiger partial charge in [-0.2, -0.15) is 0 Å². The lowest BCUT2D eigenvalue weighted by atomic mass is 9.80. The van der Waals surface area contributed by atoms with E-state index in [-0.39, 0.29) is 40.5 Å². The number of hydrogen-bond donors (Lipinski definition) is 1. The highest BCUT2D eigenvalue weighted by molar-refractivity contribution is 6.00. The minimum atomic E-state index is -0.557. The van der Waals surface area contributed by atoms with Crippen LogP contribution in [0.3, 0.4) is 0 Å². The summed E-state index contributed by atoms with van der Waals surface area (Å²) in [7, 11) is 0. The standard InChI is InChI=1S/C15H15N3O4/c19-14-9-5-1-2-6-10(9)15(20)13(14)17-16-11-7-3-4-8-12(11)18(21)22/h3-4,7-10,19H,1-2,5-6H2. The maximum atomic E-state index is 12.3. The molecule has 0 aromatic heterocycles. The van der Waals surface area contributed by atoms with Crippen LogP contribution in [0.2, 0.25) is 0 Å². The van der Waals surface area contributed by atoms with Crippen LogP contribution in [0.15, 0.2) is 46.0 Å². The number of aliphatic hydroxyl groups is 1. The number of benzene rings is 1. The number of fused-ring (bicyclic) bond motifs is 1. The van der Waals surface area contributed by atoms with Gasteiger partial charge < -0.3 is 5.11 Å².